The number of nitrogens with one attached hydrogen (secondary N) is 2. The summed E-state index contributed by atoms with van der Waals surface area (Å²) in [4.78, 5) is 25.7. The summed E-state index contributed by atoms with van der Waals surface area (Å²) >= 11 is 12.0. The van der Waals surface area contributed by atoms with E-state index >= 15 is 0 Å². The number of esters is 1. The lowest BCUT2D eigenvalue weighted by molar-refractivity contribution is -0.125. The van der Waals surface area contributed by atoms with E-state index in [1.807, 2.05) is 0 Å². The van der Waals surface area contributed by atoms with Gasteiger partial charge in [0.05, 0.1) is 10.5 Å². The summed E-state index contributed by atoms with van der Waals surface area (Å²) < 4.78 is 31.7. The van der Waals surface area contributed by atoms with Gasteiger partial charge in [0.2, 0.25) is 16.1 Å². The second-order valence-electron chi connectivity index (χ2n) is 6.58. The van der Waals surface area contributed by atoms with Crippen molar-refractivity contribution in [3.8, 4) is 0 Å². The lowest BCUT2D eigenvalue weighted by Gasteiger charge is -2.18. The number of halogens is 2. The van der Waals surface area contributed by atoms with Crippen LogP contribution in [-0.4, -0.2) is 27.3 Å². The quantitative estimate of drug-likeness (QED) is 0.474. The van der Waals surface area contributed by atoms with Crippen molar-refractivity contribution in [3.63, 3.8) is 0 Å². The third kappa shape index (κ3) is 5.86. The second-order valence-corrected chi connectivity index (χ2v) is 9.34. The molecule has 0 aliphatic rings. The van der Waals surface area contributed by atoms with E-state index in [4.69, 9.17) is 27.9 Å². The molecule has 0 aliphatic carbocycles. The average Bonchev–Trinajstić information content (AvgIpc) is 2.77. The molecule has 1 atom stereocenters. The van der Waals surface area contributed by atoms with Crippen molar-refractivity contribution in [3.05, 3.63) is 94.0 Å². The van der Waals surface area contributed by atoms with Crippen LogP contribution in [0.5, 0.6) is 0 Å². The van der Waals surface area contributed by atoms with Crippen LogP contribution in [0.15, 0.2) is 77.7 Å². The Morgan fingerprint density at radius 1 is 0.906 bits per heavy atom. The van der Waals surface area contributed by atoms with E-state index < -0.39 is 28.0 Å². The molecule has 0 saturated heterocycles. The standard InChI is InChI=1S/C22H18Cl2N2O5S/c1-25-32(29,30)19-9-5-8-15(10-19)22(28)31-20(14-6-3-2-4-7-14)21(27)26-18-12-16(23)11-17(24)13-18/h2-13,20,25H,1H3,(H,26,27)/t20-/m0/s1. The first kappa shape index (κ1) is 23.7. The van der Waals surface area contributed by atoms with Gasteiger partial charge in [-0.15, -0.1) is 0 Å². The van der Waals surface area contributed by atoms with Gasteiger partial charge in [-0.25, -0.2) is 17.9 Å². The fourth-order valence-corrected chi connectivity index (χ4v) is 4.12. The largest absolute Gasteiger partial charge is 0.444 e. The Kier molecular flexibility index (Phi) is 7.52. The first-order valence-electron chi connectivity index (χ1n) is 9.26. The minimum atomic E-state index is -3.76. The zero-order valence-corrected chi connectivity index (χ0v) is 19.0. The van der Waals surface area contributed by atoms with Crippen molar-refractivity contribution >= 4 is 50.8 Å². The molecule has 0 unspecified atom stereocenters. The highest BCUT2D eigenvalue weighted by molar-refractivity contribution is 7.89. The van der Waals surface area contributed by atoms with Crippen LogP contribution in [-0.2, 0) is 19.6 Å². The first-order valence-corrected chi connectivity index (χ1v) is 11.5. The Balaban J connectivity index is 1.89. The van der Waals surface area contributed by atoms with Crippen LogP contribution in [0, 0.1) is 0 Å². The maximum absolute atomic E-state index is 13.0. The van der Waals surface area contributed by atoms with Gasteiger partial charge in [0, 0.05) is 21.3 Å². The van der Waals surface area contributed by atoms with E-state index in [9.17, 15) is 18.0 Å². The van der Waals surface area contributed by atoms with E-state index in [-0.39, 0.29) is 10.5 Å². The maximum atomic E-state index is 13.0. The number of benzene rings is 3. The van der Waals surface area contributed by atoms with E-state index in [1.165, 1.54) is 49.5 Å². The van der Waals surface area contributed by atoms with Gasteiger partial charge >= 0.3 is 5.97 Å². The molecule has 0 aliphatic heterocycles. The molecule has 3 aromatic carbocycles. The molecule has 1 amide bonds. The highest BCUT2D eigenvalue weighted by Gasteiger charge is 2.26. The summed E-state index contributed by atoms with van der Waals surface area (Å²) in [6.07, 6.45) is -1.31. The summed E-state index contributed by atoms with van der Waals surface area (Å²) in [5, 5.41) is 3.28. The SMILES string of the molecule is CNS(=O)(=O)c1cccc(C(=O)O[C@H](C(=O)Nc2cc(Cl)cc(Cl)c2)c2ccccc2)c1. The van der Waals surface area contributed by atoms with Gasteiger partial charge in [0.25, 0.3) is 5.91 Å². The monoisotopic (exact) mass is 492 g/mol. The molecule has 3 rings (SSSR count). The number of hydrogen-bond acceptors (Lipinski definition) is 5. The molecule has 0 saturated carbocycles. The van der Waals surface area contributed by atoms with E-state index in [1.54, 1.807) is 30.3 Å². The molecule has 0 spiro atoms. The van der Waals surface area contributed by atoms with Crippen molar-refractivity contribution in [1.82, 2.24) is 4.72 Å². The molecule has 166 valence electrons. The molecule has 0 aromatic heterocycles. The van der Waals surface area contributed by atoms with Crippen LogP contribution >= 0.6 is 23.2 Å². The Labute approximate surface area is 195 Å². The molecule has 7 nitrogen and oxygen atoms in total. The minimum Gasteiger partial charge on any atom is -0.444 e. The normalized spacial score (nSPS) is 12.1. The minimum absolute atomic E-state index is 0.0270. The summed E-state index contributed by atoms with van der Waals surface area (Å²) in [5.41, 5.74) is 0.720. The van der Waals surface area contributed by atoms with E-state index in [0.29, 0.717) is 21.3 Å². The predicted octanol–water partition coefficient (Wildman–Crippen LogP) is 4.44. The van der Waals surface area contributed by atoms with Crippen molar-refractivity contribution in [2.75, 3.05) is 12.4 Å². The Bertz CT molecular complexity index is 1230. The van der Waals surface area contributed by atoms with Crippen LogP contribution in [0.1, 0.15) is 22.0 Å². The van der Waals surface area contributed by atoms with Gasteiger partial charge in [0.1, 0.15) is 0 Å². The summed E-state index contributed by atoms with van der Waals surface area (Å²) in [6.45, 7) is 0. The Morgan fingerprint density at radius 3 is 2.19 bits per heavy atom. The van der Waals surface area contributed by atoms with E-state index in [0.717, 1.165) is 0 Å². The van der Waals surface area contributed by atoms with E-state index in [2.05, 4.69) is 10.0 Å². The molecule has 0 heterocycles. The van der Waals surface area contributed by atoms with Crippen molar-refractivity contribution < 1.29 is 22.7 Å². The molecular weight excluding hydrogens is 475 g/mol. The van der Waals surface area contributed by atoms with Crippen molar-refractivity contribution in [2.24, 2.45) is 0 Å². The number of hydrogen-bond donors (Lipinski definition) is 2. The average molecular weight is 493 g/mol. The van der Waals surface area contributed by atoms with Gasteiger partial charge in [-0.05, 0) is 43.4 Å². The molecule has 0 radical (unpaired) electrons. The van der Waals surface area contributed by atoms with Gasteiger partial charge in [-0.3, -0.25) is 4.79 Å². The third-order valence-corrected chi connectivity index (χ3v) is 6.19. The second kappa shape index (κ2) is 10.1. The molecule has 2 N–H and O–H groups in total. The number of carbonyl (C=O) groups is 2. The van der Waals surface area contributed by atoms with Crippen LogP contribution < -0.4 is 10.0 Å². The van der Waals surface area contributed by atoms with Crippen molar-refractivity contribution in [1.29, 1.82) is 0 Å². The number of ether oxygens (including phenoxy) is 1. The van der Waals surface area contributed by atoms with Gasteiger partial charge < -0.3 is 10.1 Å². The maximum Gasteiger partial charge on any atom is 0.339 e. The molecule has 0 fully saturated rings. The van der Waals surface area contributed by atoms with Crippen molar-refractivity contribution in [2.45, 2.75) is 11.0 Å². The van der Waals surface area contributed by atoms with Gasteiger partial charge in [-0.1, -0.05) is 59.6 Å². The number of sulfonamides is 1. The van der Waals surface area contributed by atoms with Crippen LogP contribution in [0.3, 0.4) is 0 Å². The van der Waals surface area contributed by atoms with Gasteiger partial charge in [0.15, 0.2) is 0 Å². The van der Waals surface area contributed by atoms with Crippen LogP contribution in [0.25, 0.3) is 0 Å². The number of amides is 1. The lowest BCUT2D eigenvalue weighted by Crippen LogP contribution is -2.26. The number of carbonyl (C=O) groups excluding carboxylic acids is 2. The predicted molar refractivity (Wildman–Crippen MR) is 122 cm³/mol. The molecule has 3 aromatic rings. The Hall–Kier alpha value is -2.91. The summed E-state index contributed by atoms with van der Waals surface area (Å²) in [6, 6.07) is 18.2. The number of rotatable bonds is 7. The third-order valence-electron chi connectivity index (χ3n) is 4.34. The highest BCUT2D eigenvalue weighted by Crippen LogP contribution is 2.26. The number of anilines is 1. The first-order chi connectivity index (χ1) is 15.2. The van der Waals surface area contributed by atoms with Gasteiger partial charge in [-0.2, -0.15) is 0 Å². The Morgan fingerprint density at radius 2 is 1.56 bits per heavy atom. The zero-order valence-electron chi connectivity index (χ0n) is 16.7. The molecule has 0 bridgehead atoms. The summed E-state index contributed by atoms with van der Waals surface area (Å²) in [7, 11) is -2.50. The highest BCUT2D eigenvalue weighted by atomic mass is 35.5. The van der Waals surface area contributed by atoms with Crippen LogP contribution in [0.4, 0.5) is 5.69 Å². The summed E-state index contributed by atoms with van der Waals surface area (Å²) in [5.74, 6) is -1.51. The molecule has 32 heavy (non-hydrogen) atoms. The fourth-order valence-electron chi connectivity index (χ4n) is 2.82. The molecule has 10 heteroatoms. The lowest BCUT2D eigenvalue weighted by atomic mass is 10.1. The smallest absolute Gasteiger partial charge is 0.339 e. The zero-order chi connectivity index (χ0) is 23.3. The topological polar surface area (TPSA) is 102 Å². The van der Waals surface area contributed by atoms with Crippen LogP contribution in [0.2, 0.25) is 10.0 Å². The molecular formula is C22H18Cl2N2O5S. The fraction of sp³-hybridized carbons (Fsp3) is 0.0909.